The Kier molecular flexibility index (Phi) is 5.94. The fraction of sp³-hybridized carbons (Fsp3) is 0.364. The van der Waals surface area contributed by atoms with E-state index in [9.17, 15) is 14.9 Å². The molecule has 0 aromatic heterocycles. The summed E-state index contributed by atoms with van der Waals surface area (Å²) in [6.45, 7) is 0. The zero-order chi connectivity index (χ0) is 13.5. The number of carbonyl (C=O) groups is 1. The van der Waals surface area contributed by atoms with Crippen LogP contribution in [0.5, 0.6) is 0 Å². The average molecular weight is 290 g/mol. The number of benzene rings is 1. The van der Waals surface area contributed by atoms with Crippen LogP contribution < -0.4 is 0 Å². The first kappa shape index (κ1) is 14.8. The molecule has 0 aliphatic heterocycles. The highest BCUT2D eigenvalue weighted by atomic mass is 35.5. The average Bonchev–Trinajstić information content (AvgIpc) is 2.35. The minimum atomic E-state index is -0.509. The van der Waals surface area contributed by atoms with Crippen molar-refractivity contribution in [3.05, 3.63) is 38.9 Å². The van der Waals surface area contributed by atoms with Crippen LogP contribution in [0.15, 0.2) is 18.2 Å². The van der Waals surface area contributed by atoms with Gasteiger partial charge in [-0.3, -0.25) is 14.9 Å². The number of hydrogen-bond acceptors (Lipinski definition) is 5. The molecule has 98 valence electrons. The minimum Gasteiger partial charge on any atom is -0.469 e. The summed E-state index contributed by atoms with van der Waals surface area (Å²) in [5, 5.41) is 10.8. The first-order valence-electron chi connectivity index (χ1n) is 5.12. The van der Waals surface area contributed by atoms with Crippen molar-refractivity contribution in [3.63, 3.8) is 0 Å². The Bertz CT molecular complexity index is 453. The van der Waals surface area contributed by atoms with Crippen LogP contribution in [-0.2, 0) is 15.3 Å². The van der Waals surface area contributed by atoms with E-state index in [0.717, 1.165) is 5.56 Å². The lowest BCUT2D eigenvalue weighted by molar-refractivity contribution is -0.384. The van der Waals surface area contributed by atoms with Gasteiger partial charge in [0.25, 0.3) is 5.69 Å². The maximum Gasteiger partial charge on any atom is 0.306 e. The van der Waals surface area contributed by atoms with E-state index in [4.69, 9.17) is 11.6 Å². The molecule has 5 nitrogen and oxygen atoms in total. The van der Waals surface area contributed by atoms with E-state index < -0.39 is 4.92 Å². The van der Waals surface area contributed by atoms with Crippen molar-refractivity contribution in [2.24, 2.45) is 0 Å². The molecule has 0 amide bonds. The van der Waals surface area contributed by atoms with Gasteiger partial charge in [-0.1, -0.05) is 17.7 Å². The number of hydrogen-bond donors (Lipinski definition) is 0. The summed E-state index contributed by atoms with van der Waals surface area (Å²) in [5.74, 6) is 0.947. The molecule has 0 saturated carbocycles. The molecule has 0 saturated heterocycles. The number of thioether (sulfide) groups is 1. The number of methoxy groups -OCH3 is 1. The third-order valence-corrected chi connectivity index (χ3v) is 3.50. The maximum absolute atomic E-state index is 10.9. The molecule has 0 atom stereocenters. The third-order valence-electron chi connectivity index (χ3n) is 2.15. The predicted molar refractivity (Wildman–Crippen MR) is 70.9 cm³/mol. The normalized spacial score (nSPS) is 10.1. The molecule has 0 bridgehead atoms. The number of rotatable bonds is 6. The Morgan fingerprint density at radius 3 is 2.89 bits per heavy atom. The van der Waals surface area contributed by atoms with Gasteiger partial charge in [-0.25, -0.2) is 0 Å². The molecule has 0 spiro atoms. The number of nitrogens with zero attached hydrogens (tertiary/aromatic N) is 1. The summed E-state index contributed by atoms with van der Waals surface area (Å²) in [5.41, 5.74) is 0.712. The Hall–Kier alpha value is -1.27. The van der Waals surface area contributed by atoms with Crippen molar-refractivity contribution < 1.29 is 14.5 Å². The van der Waals surface area contributed by atoms with Gasteiger partial charge < -0.3 is 4.74 Å². The number of carbonyl (C=O) groups excluding carboxylic acids is 1. The fourth-order valence-corrected chi connectivity index (χ4v) is 2.29. The molecule has 0 aliphatic carbocycles. The van der Waals surface area contributed by atoms with Crippen molar-refractivity contribution in [2.75, 3.05) is 12.9 Å². The molecule has 1 aromatic carbocycles. The summed E-state index contributed by atoms with van der Waals surface area (Å²) in [4.78, 5) is 21.0. The molecular formula is C11H12ClNO4S. The summed E-state index contributed by atoms with van der Waals surface area (Å²) in [7, 11) is 1.34. The largest absolute Gasteiger partial charge is 0.469 e. The van der Waals surface area contributed by atoms with Crippen LogP contribution in [-0.4, -0.2) is 23.8 Å². The van der Waals surface area contributed by atoms with Crippen LogP contribution in [0.2, 0.25) is 5.02 Å². The zero-order valence-corrected chi connectivity index (χ0v) is 11.3. The second kappa shape index (κ2) is 7.23. The molecular weight excluding hydrogens is 278 g/mol. The van der Waals surface area contributed by atoms with Crippen LogP contribution in [0.1, 0.15) is 12.0 Å². The highest BCUT2D eigenvalue weighted by molar-refractivity contribution is 7.98. The Morgan fingerprint density at radius 2 is 2.28 bits per heavy atom. The molecule has 0 N–H and O–H groups in total. The van der Waals surface area contributed by atoms with Crippen LogP contribution >= 0.6 is 23.4 Å². The van der Waals surface area contributed by atoms with Gasteiger partial charge in [-0.15, -0.1) is 0 Å². The Balaban J connectivity index is 2.50. The fourth-order valence-electron chi connectivity index (χ4n) is 1.24. The Labute approximate surface area is 114 Å². The first-order valence-corrected chi connectivity index (χ1v) is 6.65. The van der Waals surface area contributed by atoms with Gasteiger partial charge in [0.2, 0.25) is 0 Å². The lowest BCUT2D eigenvalue weighted by atomic mass is 10.2. The molecule has 0 fully saturated rings. The van der Waals surface area contributed by atoms with Crippen LogP contribution in [0.4, 0.5) is 5.69 Å². The quantitative estimate of drug-likeness (QED) is 0.348. The van der Waals surface area contributed by atoms with Gasteiger partial charge in [-0.2, -0.15) is 11.8 Å². The molecule has 1 rings (SSSR count). The summed E-state index contributed by atoms with van der Waals surface area (Å²) < 4.78 is 4.51. The Morgan fingerprint density at radius 1 is 1.56 bits per heavy atom. The van der Waals surface area contributed by atoms with Gasteiger partial charge in [0, 0.05) is 17.6 Å². The van der Waals surface area contributed by atoms with E-state index in [2.05, 4.69) is 4.74 Å². The topological polar surface area (TPSA) is 69.4 Å². The highest BCUT2D eigenvalue weighted by Crippen LogP contribution is 2.26. The van der Waals surface area contributed by atoms with Crippen molar-refractivity contribution in [1.82, 2.24) is 0 Å². The van der Waals surface area contributed by atoms with Gasteiger partial charge in [-0.05, 0) is 11.6 Å². The number of esters is 1. The number of halogens is 1. The first-order chi connectivity index (χ1) is 8.54. The molecule has 18 heavy (non-hydrogen) atoms. The molecule has 7 heteroatoms. The van der Waals surface area contributed by atoms with Crippen molar-refractivity contribution in [3.8, 4) is 0 Å². The predicted octanol–water partition coefficient (Wildman–Crippen LogP) is 3.04. The maximum atomic E-state index is 10.9. The van der Waals surface area contributed by atoms with Gasteiger partial charge >= 0.3 is 5.97 Å². The highest BCUT2D eigenvalue weighted by Gasteiger charge is 2.12. The van der Waals surface area contributed by atoms with Gasteiger partial charge in [0.15, 0.2) is 0 Å². The van der Waals surface area contributed by atoms with Crippen molar-refractivity contribution in [2.45, 2.75) is 12.2 Å². The summed E-state index contributed by atoms with van der Waals surface area (Å²) in [6, 6.07) is 4.70. The molecule has 0 heterocycles. The zero-order valence-electron chi connectivity index (χ0n) is 9.72. The third kappa shape index (κ3) is 4.54. The van der Waals surface area contributed by atoms with E-state index in [0.29, 0.717) is 17.9 Å². The summed E-state index contributed by atoms with van der Waals surface area (Å²) in [6.07, 6.45) is 0.330. The molecule has 0 aliphatic rings. The molecule has 1 aromatic rings. The lowest BCUT2D eigenvalue weighted by Crippen LogP contribution is -2.01. The van der Waals surface area contributed by atoms with Gasteiger partial charge in [0.1, 0.15) is 5.02 Å². The van der Waals surface area contributed by atoms with Crippen LogP contribution in [0, 0.1) is 10.1 Å². The minimum absolute atomic E-state index is 0.0947. The van der Waals surface area contributed by atoms with Crippen molar-refractivity contribution in [1.29, 1.82) is 0 Å². The number of nitro groups is 1. The number of ether oxygens (including phenoxy) is 1. The lowest BCUT2D eigenvalue weighted by Gasteiger charge is -2.02. The second-order valence-corrected chi connectivity index (χ2v) is 4.93. The van der Waals surface area contributed by atoms with Gasteiger partial charge in [0.05, 0.1) is 18.5 Å². The molecule has 0 radical (unpaired) electrons. The van der Waals surface area contributed by atoms with E-state index in [1.54, 1.807) is 6.07 Å². The number of nitro benzene ring substituents is 1. The van der Waals surface area contributed by atoms with Crippen molar-refractivity contribution >= 4 is 35.0 Å². The second-order valence-electron chi connectivity index (χ2n) is 3.42. The smallest absolute Gasteiger partial charge is 0.306 e. The van der Waals surface area contributed by atoms with Crippen LogP contribution in [0.25, 0.3) is 0 Å². The van der Waals surface area contributed by atoms with E-state index >= 15 is 0 Å². The standard InChI is InChI=1S/C11H12ClNO4S/c1-17-11(14)4-5-18-7-8-2-3-9(12)10(6-8)13(15)16/h2-3,6H,4-5,7H2,1H3. The molecule has 0 unspecified atom stereocenters. The van der Waals surface area contributed by atoms with Crippen LogP contribution in [0.3, 0.4) is 0 Å². The summed E-state index contributed by atoms with van der Waals surface area (Å²) >= 11 is 7.21. The van der Waals surface area contributed by atoms with E-state index in [-0.39, 0.29) is 16.7 Å². The van der Waals surface area contributed by atoms with E-state index in [1.165, 1.54) is 31.0 Å². The SMILES string of the molecule is COC(=O)CCSCc1ccc(Cl)c([N+](=O)[O-])c1. The monoisotopic (exact) mass is 289 g/mol. The van der Waals surface area contributed by atoms with E-state index in [1.807, 2.05) is 0 Å².